The second kappa shape index (κ2) is 9.72. The summed E-state index contributed by atoms with van der Waals surface area (Å²) in [5, 5.41) is 15.3. The Bertz CT molecular complexity index is 1790. The summed E-state index contributed by atoms with van der Waals surface area (Å²) < 4.78 is 5.41. The van der Waals surface area contributed by atoms with E-state index in [1.165, 1.54) is 17.3 Å². The molecule has 10 nitrogen and oxygen atoms in total. The van der Waals surface area contributed by atoms with Gasteiger partial charge in [0.25, 0.3) is 5.56 Å². The van der Waals surface area contributed by atoms with Crippen LogP contribution in [-0.4, -0.2) is 39.5 Å². The van der Waals surface area contributed by atoms with Crippen LogP contribution in [-0.2, 0) is 18.7 Å². The van der Waals surface area contributed by atoms with Gasteiger partial charge in [0.15, 0.2) is 11.5 Å². The number of nitrogens with zero attached hydrogens (tertiary/aromatic N) is 6. The Kier molecular flexibility index (Phi) is 6.31. The molecule has 0 saturated heterocycles. The molecule has 206 valence electrons. The van der Waals surface area contributed by atoms with E-state index < -0.39 is 5.60 Å². The number of benzene rings is 1. The van der Waals surface area contributed by atoms with Gasteiger partial charge in [-0.1, -0.05) is 12.1 Å². The average Bonchev–Trinajstić information content (AvgIpc) is 3.44. The number of nitrogens with two attached hydrogens (primary N) is 1. The Labute approximate surface area is 231 Å². The van der Waals surface area contributed by atoms with Gasteiger partial charge in [-0.2, -0.15) is 4.98 Å². The first-order valence-electron chi connectivity index (χ1n) is 13.6. The van der Waals surface area contributed by atoms with Crippen LogP contribution in [0.1, 0.15) is 45.2 Å². The highest BCUT2D eigenvalue weighted by molar-refractivity contribution is 5.85. The molecule has 0 unspecified atom stereocenters. The van der Waals surface area contributed by atoms with Gasteiger partial charge >= 0.3 is 0 Å². The zero-order valence-corrected chi connectivity index (χ0v) is 22.8. The molecule has 5 aromatic rings. The van der Waals surface area contributed by atoms with E-state index in [1.807, 2.05) is 6.07 Å². The molecular formula is C30H34N8O2. The van der Waals surface area contributed by atoms with Crippen molar-refractivity contribution in [3.8, 4) is 5.82 Å². The molecule has 4 heterocycles. The van der Waals surface area contributed by atoms with Crippen molar-refractivity contribution < 1.29 is 5.11 Å². The highest BCUT2D eigenvalue weighted by Crippen LogP contribution is 2.33. The maximum atomic E-state index is 13.3. The molecule has 4 aromatic heterocycles. The third-order valence-electron chi connectivity index (χ3n) is 7.78. The van der Waals surface area contributed by atoms with Gasteiger partial charge in [-0.3, -0.25) is 4.79 Å². The van der Waals surface area contributed by atoms with E-state index in [2.05, 4.69) is 50.8 Å². The van der Waals surface area contributed by atoms with Crippen molar-refractivity contribution in [3.63, 3.8) is 0 Å². The van der Waals surface area contributed by atoms with Gasteiger partial charge in [-0.05, 0) is 75.9 Å². The number of nitrogens with one attached hydrogen (secondary N) is 1. The fourth-order valence-corrected chi connectivity index (χ4v) is 5.32. The number of allylic oxidation sites excluding steroid dienone is 1. The van der Waals surface area contributed by atoms with E-state index in [4.69, 9.17) is 10.7 Å². The van der Waals surface area contributed by atoms with Gasteiger partial charge in [0, 0.05) is 41.1 Å². The zero-order chi connectivity index (χ0) is 28.1. The number of aliphatic hydroxyl groups is 1. The Morgan fingerprint density at radius 1 is 1.20 bits per heavy atom. The predicted molar refractivity (Wildman–Crippen MR) is 157 cm³/mol. The standard InChI is InChI=1S/C30H34N8O2/c1-4-15-37-27(39)22-19-32-28(35-26(22)38(37)25-8-5-7-24(34-25)29(2,3)40)33-21-9-10-23-20(18-21)11-16-36(23)17-14-30(31)12-6-13-30/h4-5,7-11,16,18-19,40H,1,6,12-15,17,31H2,2-3H3,(H,32,33,35). The van der Waals surface area contributed by atoms with Crippen molar-refractivity contribution in [3.05, 3.63) is 83.6 Å². The molecule has 0 aliphatic heterocycles. The van der Waals surface area contributed by atoms with Crippen LogP contribution >= 0.6 is 0 Å². The van der Waals surface area contributed by atoms with Crippen LogP contribution in [0.3, 0.4) is 0 Å². The molecule has 0 amide bonds. The minimum atomic E-state index is -1.15. The summed E-state index contributed by atoms with van der Waals surface area (Å²) in [6.07, 6.45) is 9.70. The van der Waals surface area contributed by atoms with E-state index in [-0.39, 0.29) is 17.6 Å². The third-order valence-corrected chi connectivity index (χ3v) is 7.78. The molecule has 1 saturated carbocycles. The van der Waals surface area contributed by atoms with Gasteiger partial charge in [0.2, 0.25) is 5.95 Å². The monoisotopic (exact) mass is 538 g/mol. The second-order valence-electron chi connectivity index (χ2n) is 11.2. The van der Waals surface area contributed by atoms with E-state index >= 15 is 0 Å². The molecule has 4 N–H and O–H groups in total. The zero-order valence-electron chi connectivity index (χ0n) is 22.8. The van der Waals surface area contributed by atoms with Gasteiger partial charge in [0.1, 0.15) is 11.0 Å². The van der Waals surface area contributed by atoms with Crippen molar-refractivity contribution >= 4 is 33.6 Å². The number of pyridine rings is 1. The van der Waals surface area contributed by atoms with Crippen molar-refractivity contribution in [2.75, 3.05) is 5.32 Å². The van der Waals surface area contributed by atoms with Gasteiger partial charge in [0.05, 0.1) is 12.2 Å². The number of aryl methyl sites for hydroxylation is 1. The molecule has 1 aliphatic rings. The van der Waals surface area contributed by atoms with Crippen LogP contribution in [0.4, 0.5) is 11.6 Å². The molecular weight excluding hydrogens is 504 g/mol. The molecule has 1 fully saturated rings. The average molecular weight is 539 g/mol. The van der Waals surface area contributed by atoms with Crippen LogP contribution in [0.2, 0.25) is 0 Å². The highest BCUT2D eigenvalue weighted by Gasteiger charge is 2.31. The molecule has 0 spiro atoms. The molecule has 0 radical (unpaired) electrons. The SMILES string of the molecule is C=CCn1c(=O)c2cnc(Nc3ccc4c(ccn4CCC4(N)CCC4)c3)nc2n1-c1cccc(C(C)(C)O)n1. The van der Waals surface area contributed by atoms with Crippen molar-refractivity contribution in [2.24, 2.45) is 5.73 Å². The fraction of sp³-hybridized carbons (Fsp3) is 0.333. The van der Waals surface area contributed by atoms with Crippen LogP contribution in [0.5, 0.6) is 0 Å². The second-order valence-corrected chi connectivity index (χ2v) is 11.2. The highest BCUT2D eigenvalue weighted by atomic mass is 16.3. The lowest BCUT2D eigenvalue weighted by molar-refractivity contribution is 0.0738. The number of rotatable bonds is 9. The maximum absolute atomic E-state index is 13.3. The molecule has 10 heteroatoms. The summed E-state index contributed by atoms with van der Waals surface area (Å²) in [6.45, 7) is 8.29. The smallest absolute Gasteiger partial charge is 0.278 e. The number of anilines is 2. The first-order valence-corrected chi connectivity index (χ1v) is 13.6. The molecule has 1 aromatic carbocycles. The number of fused-ring (bicyclic) bond motifs is 2. The summed E-state index contributed by atoms with van der Waals surface area (Å²) in [7, 11) is 0. The predicted octanol–water partition coefficient (Wildman–Crippen LogP) is 4.36. The van der Waals surface area contributed by atoms with Crippen LogP contribution in [0.25, 0.3) is 27.8 Å². The summed E-state index contributed by atoms with van der Waals surface area (Å²) in [5.41, 5.74) is 7.90. The molecule has 0 bridgehead atoms. The van der Waals surface area contributed by atoms with Crippen molar-refractivity contribution in [1.29, 1.82) is 0 Å². The van der Waals surface area contributed by atoms with E-state index in [0.717, 1.165) is 42.4 Å². The van der Waals surface area contributed by atoms with Crippen LogP contribution < -0.4 is 16.6 Å². The Morgan fingerprint density at radius 2 is 2.02 bits per heavy atom. The summed E-state index contributed by atoms with van der Waals surface area (Å²) in [4.78, 5) is 27.1. The number of hydrogen-bond donors (Lipinski definition) is 3. The van der Waals surface area contributed by atoms with Gasteiger partial charge in [-0.25, -0.2) is 19.3 Å². The molecule has 40 heavy (non-hydrogen) atoms. The lowest BCUT2D eigenvalue weighted by Gasteiger charge is -2.38. The maximum Gasteiger partial charge on any atom is 0.278 e. The minimum absolute atomic E-state index is 0.00927. The Morgan fingerprint density at radius 3 is 2.75 bits per heavy atom. The lowest BCUT2D eigenvalue weighted by atomic mass is 9.75. The van der Waals surface area contributed by atoms with Crippen LogP contribution in [0, 0.1) is 0 Å². The molecule has 1 aliphatic carbocycles. The third kappa shape index (κ3) is 4.69. The fourth-order valence-electron chi connectivity index (χ4n) is 5.32. The summed E-state index contributed by atoms with van der Waals surface area (Å²) >= 11 is 0. The van der Waals surface area contributed by atoms with E-state index in [0.29, 0.717) is 28.5 Å². The van der Waals surface area contributed by atoms with Gasteiger partial charge < -0.3 is 20.7 Å². The van der Waals surface area contributed by atoms with E-state index in [9.17, 15) is 9.90 Å². The Hall–Kier alpha value is -4.28. The number of aromatic nitrogens is 6. The summed E-state index contributed by atoms with van der Waals surface area (Å²) in [5.74, 6) is 0.812. The Balaban J connectivity index is 1.34. The van der Waals surface area contributed by atoms with Crippen molar-refractivity contribution in [1.82, 2.24) is 28.9 Å². The lowest BCUT2D eigenvalue weighted by Crippen LogP contribution is -2.47. The topological polar surface area (TPSA) is 129 Å². The largest absolute Gasteiger partial charge is 0.384 e. The van der Waals surface area contributed by atoms with E-state index in [1.54, 1.807) is 42.8 Å². The normalized spacial score (nSPS) is 14.9. The van der Waals surface area contributed by atoms with Crippen molar-refractivity contribution in [2.45, 2.75) is 63.8 Å². The number of hydrogen-bond acceptors (Lipinski definition) is 7. The first kappa shape index (κ1) is 26.0. The molecule has 6 rings (SSSR count). The first-order chi connectivity index (χ1) is 19.1. The van der Waals surface area contributed by atoms with Crippen LogP contribution in [0.15, 0.2) is 72.3 Å². The quantitative estimate of drug-likeness (QED) is 0.238. The summed E-state index contributed by atoms with van der Waals surface area (Å²) in [6, 6.07) is 13.6. The van der Waals surface area contributed by atoms with Gasteiger partial charge in [-0.15, -0.1) is 6.58 Å². The minimum Gasteiger partial charge on any atom is -0.384 e. The molecule has 0 atom stereocenters.